The predicted octanol–water partition coefficient (Wildman–Crippen LogP) is 4.57. The van der Waals surface area contributed by atoms with Crippen molar-refractivity contribution >= 4 is 17.3 Å². The monoisotopic (exact) mass is 295 g/mol. The summed E-state index contributed by atoms with van der Waals surface area (Å²) in [6, 6.07) is 8.68. The van der Waals surface area contributed by atoms with E-state index in [0.29, 0.717) is 16.9 Å². The van der Waals surface area contributed by atoms with Crippen molar-refractivity contribution in [3.8, 4) is 11.5 Å². The van der Waals surface area contributed by atoms with Gasteiger partial charge in [0.1, 0.15) is 5.75 Å². The second-order valence-electron chi connectivity index (χ2n) is 4.21. The summed E-state index contributed by atoms with van der Waals surface area (Å²) in [6.07, 6.45) is 0. The van der Waals surface area contributed by atoms with Crippen molar-refractivity contribution in [2.75, 3.05) is 0 Å². The molecule has 0 atom stereocenters. The van der Waals surface area contributed by atoms with Gasteiger partial charge in [0.05, 0.1) is 4.92 Å². The Balaban J connectivity index is 2.26. The molecule has 0 fully saturated rings. The molecule has 0 saturated carbocycles. The highest BCUT2D eigenvalue weighted by molar-refractivity contribution is 6.17. The Morgan fingerprint density at radius 2 is 2.05 bits per heavy atom. The number of nitro groups is 1. The van der Waals surface area contributed by atoms with Crippen LogP contribution in [0, 0.1) is 22.9 Å². The quantitative estimate of drug-likeness (QED) is 0.471. The number of nitrogens with zero attached hydrogens (tertiary/aromatic N) is 1. The molecular weight excluding hydrogens is 285 g/mol. The Labute approximate surface area is 119 Å². The van der Waals surface area contributed by atoms with Gasteiger partial charge in [-0.3, -0.25) is 10.1 Å². The van der Waals surface area contributed by atoms with Crippen LogP contribution in [0.4, 0.5) is 10.1 Å². The lowest BCUT2D eigenvalue weighted by molar-refractivity contribution is -0.385. The number of hydrogen-bond acceptors (Lipinski definition) is 3. The van der Waals surface area contributed by atoms with Gasteiger partial charge in [-0.05, 0) is 36.8 Å². The zero-order chi connectivity index (χ0) is 14.7. The molecule has 2 aromatic carbocycles. The van der Waals surface area contributed by atoms with Gasteiger partial charge >= 0.3 is 0 Å². The number of aryl methyl sites for hydroxylation is 1. The van der Waals surface area contributed by atoms with E-state index in [-0.39, 0.29) is 17.3 Å². The summed E-state index contributed by atoms with van der Waals surface area (Å²) in [5, 5.41) is 10.7. The van der Waals surface area contributed by atoms with E-state index in [1.165, 1.54) is 30.3 Å². The summed E-state index contributed by atoms with van der Waals surface area (Å²) < 4.78 is 19.1. The molecule has 0 saturated heterocycles. The van der Waals surface area contributed by atoms with Crippen molar-refractivity contribution in [3.63, 3.8) is 0 Å². The van der Waals surface area contributed by atoms with Gasteiger partial charge in [0.25, 0.3) is 5.69 Å². The Morgan fingerprint density at radius 1 is 1.30 bits per heavy atom. The molecule has 4 nitrogen and oxygen atoms in total. The van der Waals surface area contributed by atoms with Crippen LogP contribution in [-0.4, -0.2) is 4.92 Å². The van der Waals surface area contributed by atoms with Gasteiger partial charge in [0.15, 0.2) is 11.6 Å². The Kier molecular flexibility index (Phi) is 4.20. The topological polar surface area (TPSA) is 52.4 Å². The fourth-order valence-corrected chi connectivity index (χ4v) is 1.90. The predicted molar refractivity (Wildman–Crippen MR) is 73.9 cm³/mol. The summed E-state index contributed by atoms with van der Waals surface area (Å²) in [5.41, 5.74) is 1.09. The highest BCUT2D eigenvalue weighted by Gasteiger charge is 2.12. The van der Waals surface area contributed by atoms with Crippen molar-refractivity contribution < 1.29 is 14.1 Å². The zero-order valence-corrected chi connectivity index (χ0v) is 11.4. The number of rotatable bonds is 4. The van der Waals surface area contributed by atoms with Gasteiger partial charge in [0, 0.05) is 17.5 Å². The van der Waals surface area contributed by atoms with Gasteiger partial charge in [-0.15, -0.1) is 11.6 Å². The van der Waals surface area contributed by atoms with E-state index in [1.807, 2.05) is 0 Å². The molecule has 20 heavy (non-hydrogen) atoms. The van der Waals surface area contributed by atoms with E-state index >= 15 is 0 Å². The molecule has 2 rings (SSSR count). The highest BCUT2D eigenvalue weighted by atomic mass is 35.5. The first kappa shape index (κ1) is 14.3. The molecule has 0 spiro atoms. The third-order valence-corrected chi connectivity index (χ3v) is 3.05. The fraction of sp³-hybridized carbons (Fsp3) is 0.143. The summed E-state index contributed by atoms with van der Waals surface area (Å²) in [4.78, 5) is 10.2. The highest BCUT2D eigenvalue weighted by Crippen LogP contribution is 2.29. The molecule has 0 aliphatic heterocycles. The third-order valence-electron chi connectivity index (χ3n) is 2.74. The van der Waals surface area contributed by atoms with Crippen molar-refractivity contribution in [2.45, 2.75) is 12.8 Å². The van der Waals surface area contributed by atoms with Crippen LogP contribution in [0.15, 0.2) is 36.4 Å². The van der Waals surface area contributed by atoms with E-state index in [4.69, 9.17) is 16.3 Å². The van der Waals surface area contributed by atoms with E-state index < -0.39 is 10.7 Å². The fourth-order valence-electron chi connectivity index (χ4n) is 1.73. The van der Waals surface area contributed by atoms with Gasteiger partial charge in [-0.2, -0.15) is 0 Å². The van der Waals surface area contributed by atoms with Gasteiger partial charge in [-0.25, -0.2) is 4.39 Å². The molecule has 0 aliphatic rings. The summed E-state index contributed by atoms with van der Waals surface area (Å²) in [5.74, 6) is 0.0744. The zero-order valence-electron chi connectivity index (χ0n) is 10.6. The molecule has 6 heteroatoms. The van der Waals surface area contributed by atoms with Crippen LogP contribution >= 0.6 is 11.6 Å². The number of benzene rings is 2. The van der Waals surface area contributed by atoms with E-state index in [9.17, 15) is 14.5 Å². The third kappa shape index (κ3) is 3.05. The number of nitro benzene ring substituents is 1. The molecule has 0 heterocycles. The Hall–Kier alpha value is -2.14. The maximum absolute atomic E-state index is 13.7. The lowest BCUT2D eigenvalue weighted by atomic mass is 10.2. The van der Waals surface area contributed by atoms with Crippen molar-refractivity contribution in [1.29, 1.82) is 0 Å². The average Bonchev–Trinajstić information content (AvgIpc) is 2.40. The lowest BCUT2D eigenvalue weighted by Gasteiger charge is -2.08. The standard InChI is InChI=1S/C14H11ClFNO3/c1-9-6-11(3-4-13(9)17(18)19)20-14-5-2-10(8-15)7-12(14)16/h2-7H,8H2,1H3. The smallest absolute Gasteiger partial charge is 0.272 e. The molecule has 2 aromatic rings. The molecule has 0 amide bonds. The van der Waals surface area contributed by atoms with Gasteiger partial charge in [0.2, 0.25) is 0 Å². The van der Waals surface area contributed by atoms with Crippen LogP contribution in [-0.2, 0) is 5.88 Å². The molecule has 104 valence electrons. The van der Waals surface area contributed by atoms with Crippen molar-refractivity contribution in [2.24, 2.45) is 0 Å². The largest absolute Gasteiger partial charge is 0.454 e. The number of hydrogen-bond donors (Lipinski definition) is 0. The first-order valence-corrected chi connectivity index (χ1v) is 6.32. The van der Waals surface area contributed by atoms with Crippen LogP contribution < -0.4 is 4.74 Å². The van der Waals surface area contributed by atoms with Crippen LogP contribution in [0.5, 0.6) is 11.5 Å². The summed E-state index contributed by atoms with van der Waals surface area (Å²) in [7, 11) is 0. The molecule has 0 aromatic heterocycles. The second-order valence-corrected chi connectivity index (χ2v) is 4.47. The first-order valence-electron chi connectivity index (χ1n) is 5.78. The minimum absolute atomic E-state index is 0.00434. The van der Waals surface area contributed by atoms with Crippen LogP contribution in [0.25, 0.3) is 0 Å². The number of ether oxygens (including phenoxy) is 1. The summed E-state index contributed by atoms with van der Waals surface area (Å²) in [6.45, 7) is 1.60. The Bertz CT molecular complexity index is 661. The van der Waals surface area contributed by atoms with Crippen LogP contribution in [0.1, 0.15) is 11.1 Å². The molecule has 0 N–H and O–H groups in total. The summed E-state index contributed by atoms with van der Waals surface area (Å²) >= 11 is 5.61. The number of halogens is 2. The van der Waals surface area contributed by atoms with Crippen molar-refractivity contribution in [3.05, 3.63) is 63.5 Å². The normalized spacial score (nSPS) is 10.3. The maximum Gasteiger partial charge on any atom is 0.272 e. The molecule has 0 unspecified atom stereocenters. The minimum Gasteiger partial charge on any atom is -0.454 e. The van der Waals surface area contributed by atoms with Crippen molar-refractivity contribution in [1.82, 2.24) is 0 Å². The van der Waals surface area contributed by atoms with Crippen LogP contribution in [0.2, 0.25) is 0 Å². The lowest BCUT2D eigenvalue weighted by Crippen LogP contribution is -1.94. The average molecular weight is 296 g/mol. The SMILES string of the molecule is Cc1cc(Oc2ccc(CCl)cc2F)ccc1[N+](=O)[O-]. The van der Waals surface area contributed by atoms with Crippen LogP contribution in [0.3, 0.4) is 0 Å². The molecular formula is C14H11ClFNO3. The van der Waals surface area contributed by atoms with Gasteiger partial charge < -0.3 is 4.74 Å². The van der Waals surface area contributed by atoms with E-state index in [0.717, 1.165) is 0 Å². The number of alkyl halides is 1. The molecule has 0 aliphatic carbocycles. The van der Waals surface area contributed by atoms with E-state index in [1.54, 1.807) is 13.0 Å². The Morgan fingerprint density at radius 3 is 2.60 bits per heavy atom. The minimum atomic E-state index is -0.529. The first-order chi connectivity index (χ1) is 9.51. The second kappa shape index (κ2) is 5.88. The van der Waals surface area contributed by atoms with Gasteiger partial charge in [-0.1, -0.05) is 6.07 Å². The molecule has 0 bridgehead atoms. The molecule has 0 radical (unpaired) electrons. The van der Waals surface area contributed by atoms with E-state index in [2.05, 4.69) is 0 Å². The maximum atomic E-state index is 13.7.